The first kappa shape index (κ1) is 21.9. The molecule has 0 unspecified atom stereocenters. The van der Waals surface area contributed by atoms with Crippen molar-refractivity contribution in [2.75, 3.05) is 13.7 Å². The predicted molar refractivity (Wildman–Crippen MR) is 143 cm³/mol. The number of carbonyl (C=O) groups excluding carboxylic acids is 1. The molecule has 4 aromatic rings. The molecule has 1 aliphatic heterocycles. The maximum Gasteiger partial charge on any atom is 0.254 e. The van der Waals surface area contributed by atoms with E-state index in [9.17, 15) is 4.79 Å². The Bertz CT molecular complexity index is 1500. The van der Waals surface area contributed by atoms with Crippen molar-refractivity contribution in [2.45, 2.75) is 45.2 Å². The molecule has 0 spiro atoms. The molecule has 7 rings (SSSR count). The number of rotatable bonds is 5. The number of piperidine rings is 1. The molecule has 1 amide bonds. The highest BCUT2D eigenvalue weighted by Gasteiger charge is 2.46. The van der Waals surface area contributed by atoms with Crippen LogP contribution in [0.5, 0.6) is 5.75 Å². The maximum atomic E-state index is 13.6. The highest BCUT2D eigenvalue weighted by atomic mass is 79.9. The largest absolute Gasteiger partial charge is 0.494 e. The zero-order valence-electron chi connectivity index (χ0n) is 20.3. The van der Waals surface area contributed by atoms with E-state index in [0.717, 1.165) is 52.5 Å². The molecule has 1 saturated heterocycles. The van der Waals surface area contributed by atoms with Gasteiger partial charge in [0.05, 0.1) is 33.0 Å². The lowest BCUT2D eigenvalue weighted by molar-refractivity contribution is 0.0696. The second kappa shape index (κ2) is 7.84. The molecular weight excluding hydrogens is 524 g/mol. The van der Waals surface area contributed by atoms with Crippen molar-refractivity contribution in [3.05, 3.63) is 33.6 Å². The second-order valence-corrected chi connectivity index (χ2v) is 12.4. The molecule has 6 nitrogen and oxygen atoms in total. The molecule has 1 aromatic carbocycles. The summed E-state index contributed by atoms with van der Waals surface area (Å²) < 4.78 is 12.8. The van der Waals surface area contributed by atoms with Gasteiger partial charge in [-0.25, -0.2) is 4.98 Å². The summed E-state index contributed by atoms with van der Waals surface area (Å²) in [6.07, 6.45) is 4.95. The van der Waals surface area contributed by atoms with Gasteiger partial charge in [0.2, 0.25) is 0 Å². The van der Waals surface area contributed by atoms with Crippen molar-refractivity contribution in [3.63, 3.8) is 0 Å². The normalized spacial score (nSPS) is 23.8. The van der Waals surface area contributed by atoms with Gasteiger partial charge in [0.15, 0.2) is 5.82 Å². The van der Waals surface area contributed by atoms with Crippen LogP contribution in [0.25, 0.3) is 32.8 Å². The molecule has 0 N–H and O–H groups in total. The molecule has 3 aromatic heterocycles. The van der Waals surface area contributed by atoms with E-state index in [-0.39, 0.29) is 5.91 Å². The van der Waals surface area contributed by atoms with Gasteiger partial charge in [-0.1, -0.05) is 6.92 Å². The van der Waals surface area contributed by atoms with Crippen LogP contribution in [0.3, 0.4) is 0 Å². The minimum atomic E-state index is 0.109. The number of halogens is 1. The van der Waals surface area contributed by atoms with Crippen LogP contribution in [0, 0.1) is 17.8 Å². The van der Waals surface area contributed by atoms with E-state index in [2.05, 4.69) is 48.3 Å². The van der Waals surface area contributed by atoms with Crippen LogP contribution in [0.1, 0.15) is 43.0 Å². The summed E-state index contributed by atoms with van der Waals surface area (Å²) in [5.74, 6) is 3.70. The summed E-state index contributed by atoms with van der Waals surface area (Å²) in [6, 6.07) is 6.50. The maximum absolute atomic E-state index is 13.6. The molecule has 2 bridgehead atoms. The zero-order chi connectivity index (χ0) is 24.0. The van der Waals surface area contributed by atoms with E-state index in [4.69, 9.17) is 9.72 Å². The topological polar surface area (TPSA) is 52.3 Å². The highest BCUT2D eigenvalue weighted by molar-refractivity contribution is 9.10. The monoisotopic (exact) mass is 552 g/mol. The lowest BCUT2D eigenvalue weighted by Crippen LogP contribution is -2.38. The third-order valence-corrected chi connectivity index (χ3v) is 10.4. The Morgan fingerprint density at radius 2 is 2.03 bits per heavy atom. The molecule has 8 heteroatoms. The van der Waals surface area contributed by atoms with Crippen LogP contribution < -0.4 is 4.74 Å². The number of imidazole rings is 1. The number of fused-ring (bicyclic) bond motifs is 4. The molecule has 3 fully saturated rings. The number of hydrogen-bond acceptors (Lipinski definition) is 4. The van der Waals surface area contributed by atoms with Crippen molar-refractivity contribution in [2.24, 2.45) is 24.8 Å². The number of hydrogen-bond donors (Lipinski definition) is 0. The van der Waals surface area contributed by atoms with E-state index in [1.165, 1.54) is 29.5 Å². The van der Waals surface area contributed by atoms with Gasteiger partial charge in [0, 0.05) is 37.1 Å². The summed E-state index contributed by atoms with van der Waals surface area (Å²) in [6.45, 7) is 4.18. The molecule has 0 radical (unpaired) electrons. The minimum Gasteiger partial charge on any atom is -0.494 e. The molecule has 35 heavy (non-hydrogen) atoms. The van der Waals surface area contributed by atoms with Gasteiger partial charge in [-0.05, 0) is 77.6 Å². The number of benzene rings is 1. The van der Waals surface area contributed by atoms with E-state index in [1.54, 1.807) is 18.4 Å². The van der Waals surface area contributed by atoms with E-state index in [1.807, 2.05) is 19.2 Å². The van der Waals surface area contributed by atoms with Crippen LogP contribution in [0.15, 0.2) is 28.1 Å². The number of methoxy groups -OCH3 is 1. The lowest BCUT2D eigenvalue weighted by Gasteiger charge is -2.27. The minimum absolute atomic E-state index is 0.109. The number of likely N-dealkylation sites (tertiary alicyclic amines) is 1. The van der Waals surface area contributed by atoms with Crippen molar-refractivity contribution < 1.29 is 9.53 Å². The molecule has 2 saturated carbocycles. The summed E-state index contributed by atoms with van der Waals surface area (Å²) in [4.78, 5) is 20.8. The fourth-order valence-electron chi connectivity index (χ4n) is 6.49. The first-order valence-corrected chi connectivity index (χ1v) is 14.2. The van der Waals surface area contributed by atoms with Crippen molar-refractivity contribution >= 4 is 54.4 Å². The Balaban J connectivity index is 1.35. The van der Waals surface area contributed by atoms with Crippen LogP contribution >= 0.6 is 27.3 Å². The Hall–Kier alpha value is -2.32. The third kappa shape index (κ3) is 3.25. The molecule has 2 aliphatic carbocycles. The zero-order valence-corrected chi connectivity index (χ0v) is 22.7. The number of aromatic nitrogens is 3. The van der Waals surface area contributed by atoms with E-state index in [0.29, 0.717) is 29.2 Å². The van der Waals surface area contributed by atoms with Crippen LogP contribution in [-0.2, 0) is 13.6 Å². The number of ether oxygens (including phenoxy) is 1. The molecular formula is C27H29BrN4O2S. The average molecular weight is 554 g/mol. The van der Waals surface area contributed by atoms with Gasteiger partial charge in [-0.3, -0.25) is 4.79 Å². The Morgan fingerprint density at radius 1 is 1.20 bits per heavy atom. The fraction of sp³-hybridized carbons (Fsp3) is 0.481. The standard InChI is InChI=1S/C27H29BrN4O2S/c1-14-16-6-7-20(14)32(12-16)27(33)17-8-19-25(22(9-17)34-3)30(2)26(29-19)21-10-23-24(18(28)13-35-23)31(21)11-15-4-5-15/h8-10,13-16,20H,4-7,11-12H2,1-3H3/t14-,16-,20-/m1/s1. The fourth-order valence-corrected chi connectivity index (χ4v) is 8.19. The van der Waals surface area contributed by atoms with Crippen molar-refractivity contribution in [1.82, 2.24) is 19.0 Å². The Kier molecular flexibility index (Phi) is 4.91. The number of amides is 1. The van der Waals surface area contributed by atoms with Crippen molar-refractivity contribution in [3.8, 4) is 17.3 Å². The average Bonchev–Trinajstić information content (AvgIpc) is 3.08. The van der Waals surface area contributed by atoms with Gasteiger partial charge in [0.25, 0.3) is 5.91 Å². The predicted octanol–water partition coefficient (Wildman–Crippen LogP) is 6.31. The summed E-state index contributed by atoms with van der Waals surface area (Å²) >= 11 is 5.52. The van der Waals surface area contributed by atoms with Gasteiger partial charge in [0.1, 0.15) is 11.3 Å². The van der Waals surface area contributed by atoms with E-state index >= 15 is 0 Å². The highest BCUT2D eigenvalue weighted by Crippen LogP contribution is 2.44. The van der Waals surface area contributed by atoms with Crippen LogP contribution in [0.2, 0.25) is 0 Å². The summed E-state index contributed by atoms with van der Waals surface area (Å²) in [5.41, 5.74) is 4.79. The number of nitrogens with zero attached hydrogens (tertiary/aromatic N) is 4. The van der Waals surface area contributed by atoms with Crippen LogP contribution in [-0.4, -0.2) is 44.6 Å². The van der Waals surface area contributed by atoms with E-state index < -0.39 is 0 Å². The van der Waals surface area contributed by atoms with Crippen molar-refractivity contribution in [1.29, 1.82) is 0 Å². The Labute approximate surface area is 217 Å². The Morgan fingerprint density at radius 3 is 2.71 bits per heavy atom. The van der Waals surface area contributed by atoms with Crippen LogP contribution in [0.4, 0.5) is 0 Å². The first-order valence-electron chi connectivity index (χ1n) is 12.6. The summed E-state index contributed by atoms with van der Waals surface area (Å²) in [5, 5.41) is 2.17. The quantitative estimate of drug-likeness (QED) is 0.291. The molecule has 3 atom stereocenters. The smallest absolute Gasteiger partial charge is 0.254 e. The number of thiophene rings is 1. The molecule has 182 valence electrons. The number of carbonyl (C=O) groups is 1. The van der Waals surface area contributed by atoms with Gasteiger partial charge >= 0.3 is 0 Å². The van der Waals surface area contributed by atoms with Gasteiger partial charge in [-0.15, -0.1) is 11.3 Å². The second-order valence-electron chi connectivity index (χ2n) is 10.6. The van der Waals surface area contributed by atoms with Gasteiger partial charge in [-0.2, -0.15) is 0 Å². The summed E-state index contributed by atoms with van der Waals surface area (Å²) in [7, 11) is 3.73. The SMILES string of the molecule is COc1cc(C(=O)N2C[C@H]3CC[C@@H]2[C@@H]3C)cc2nc(-c3cc4scc(Br)c4n3CC3CC3)n(C)c12. The first-order chi connectivity index (χ1) is 16.9. The van der Waals surface area contributed by atoms with Gasteiger partial charge < -0.3 is 18.8 Å². The number of aryl methyl sites for hydroxylation is 1. The molecule has 4 heterocycles. The third-order valence-electron chi connectivity index (χ3n) is 8.62. The molecule has 3 aliphatic rings. The lowest BCUT2D eigenvalue weighted by atomic mass is 10.0.